The van der Waals surface area contributed by atoms with Crippen molar-refractivity contribution in [3.8, 4) is 5.75 Å². The highest BCUT2D eigenvalue weighted by Gasteiger charge is 2.13. The van der Waals surface area contributed by atoms with Crippen molar-refractivity contribution in [1.29, 1.82) is 0 Å². The molecule has 0 spiro atoms. The molecule has 0 radical (unpaired) electrons. The molecule has 0 atom stereocenters. The van der Waals surface area contributed by atoms with Crippen LogP contribution in [0.25, 0.3) is 0 Å². The highest BCUT2D eigenvalue weighted by molar-refractivity contribution is 6.06. The second-order valence-corrected chi connectivity index (χ2v) is 5.23. The number of anilines is 1. The SMILES string of the molecule is CCNC(=O)c1cccc(NC(=O)c2ccccc2OCCOC)c1. The number of nitrogens with one attached hydrogen (secondary N) is 2. The minimum Gasteiger partial charge on any atom is -0.490 e. The number of hydrogen-bond acceptors (Lipinski definition) is 4. The lowest BCUT2D eigenvalue weighted by Crippen LogP contribution is -2.22. The molecule has 0 aliphatic heterocycles. The number of methoxy groups -OCH3 is 1. The fraction of sp³-hybridized carbons (Fsp3) is 0.263. The van der Waals surface area contributed by atoms with Gasteiger partial charge in [0, 0.05) is 24.9 Å². The van der Waals surface area contributed by atoms with Gasteiger partial charge in [0.25, 0.3) is 11.8 Å². The van der Waals surface area contributed by atoms with E-state index >= 15 is 0 Å². The lowest BCUT2D eigenvalue weighted by Gasteiger charge is -2.12. The quantitative estimate of drug-likeness (QED) is 0.723. The summed E-state index contributed by atoms with van der Waals surface area (Å²) in [5.74, 6) is -0.0000970. The summed E-state index contributed by atoms with van der Waals surface area (Å²) in [7, 11) is 1.59. The molecule has 0 aliphatic rings. The van der Waals surface area contributed by atoms with E-state index in [1.807, 2.05) is 6.92 Å². The number of benzene rings is 2. The Labute approximate surface area is 147 Å². The van der Waals surface area contributed by atoms with Gasteiger partial charge < -0.3 is 20.1 Å². The molecule has 0 fully saturated rings. The summed E-state index contributed by atoms with van der Waals surface area (Å²) in [6, 6.07) is 13.8. The van der Waals surface area contributed by atoms with Gasteiger partial charge in [-0.15, -0.1) is 0 Å². The number of para-hydroxylation sites is 1. The van der Waals surface area contributed by atoms with Crippen molar-refractivity contribution in [2.75, 3.05) is 32.2 Å². The molecule has 2 amide bonds. The first-order valence-corrected chi connectivity index (χ1v) is 8.06. The maximum Gasteiger partial charge on any atom is 0.259 e. The van der Waals surface area contributed by atoms with Crippen LogP contribution in [0.1, 0.15) is 27.6 Å². The first kappa shape index (κ1) is 18.5. The Morgan fingerprint density at radius 1 is 1.00 bits per heavy atom. The van der Waals surface area contributed by atoms with Crippen LogP contribution in [0.3, 0.4) is 0 Å². The average molecular weight is 342 g/mol. The molecule has 0 bridgehead atoms. The number of carbonyl (C=O) groups excluding carboxylic acids is 2. The molecule has 0 unspecified atom stereocenters. The van der Waals surface area contributed by atoms with Gasteiger partial charge >= 0.3 is 0 Å². The molecule has 2 aromatic carbocycles. The molecule has 0 saturated heterocycles. The smallest absolute Gasteiger partial charge is 0.259 e. The zero-order chi connectivity index (χ0) is 18.1. The Morgan fingerprint density at radius 3 is 2.56 bits per heavy atom. The Hall–Kier alpha value is -2.86. The number of amides is 2. The summed E-state index contributed by atoms with van der Waals surface area (Å²) in [5.41, 5.74) is 1.45. The van der Waals surface area contributed by atoms with E-state index in [-0.39, 0.29) is 11.8 Å². The molecule has 2 rings (SSSR count). The van der Waals surface area contributed by atoms with Gasteiger partial charge in [0.15, 0.2) is 0 Å². The summed E-state index contributed by atoms with van der Waals surface area (Å²) in [4.78, 5) is 24.4. The summed E-state index contributed by atoms with van der Waals surface area (Å²) in [6.45, 7) is 3.18. The van der Waals surface area contributed by atoms with E-state index in [2.05, 4.69) is 10.6 Å². The molecular formula is C19H22N2O4. The van der Waals surface area contributed by atoms with Gasteiger partial charge in [0.2, 0.25) is 0 Å². The number of carbonyl (C=O) groups is 2. The zero-order valence-corrected chi connectivity index (χ0v) is 14.4. The van der Waals surface area contributed by atoms with Gasteiger partial charge in [-0.2, -0.15) is 0 Å². The van der Waals surface area contributed by atoms with Crippen molar-refractivity contribution in [1.82, 2.24) is 5.32 Å². The van der Waals surface area contributed by atoms with Crippen molar-refractivity contribution in [2.24, 2.45) is 0 Å². The molecule has 25 heavy (non-hydrogen) atoms. The van der Waals surface area contributed by atoms with Crippen LogP contribution in [0.4, 0.5) is 5.69 Å². The second kappa shape index (κ2) is 9.44. The van der Waals surface area contributed by atoms with Gasteiger partial charge in [-0.25, -0.2) is 0 Å². The van der Waals surface area contributed by atoms with Gasteiger partial charge in [-0.3, -0.25) is 9.59 Å². The van der Waals surface area contributed by atoms with Crippen LogP contribution < -0.4 is 15.4 Å². The van der Waals surface area contributed by atoms with Crippen LogP contribution in [0, 0.1) is 0 Å². The summed E-state index contributed by atoms with van der Waals surface area (Å²) in [6.07, 6.45) is 0. The Morgan fingerprint density at radius 2 is 1.80 bits per heavy atom. The minimum absolute atomic E-state index is 0.179. The monoisotopic (exact) mass is 342 g/mol. The lowest BCUT2D eigenvalue weighted by atomic mass is 10.1. The average Bonchev–Trinajstić information content (AvgIpc) is 2.63. The first-order valence-electron chi connectivity index (χ1n) is 8.06. The van der Waals surface area contributed by atoms with E-state index in [1.165, 1.54) is 0 Å². The summed E-state index contributed by atoms with van der Waals surface area (Å²) in [5, 5.41) is 5.52. The van der Waals surface area contributed by atoms with E-state index in [4.69, 9.17) is 9.47 Å². The van der Waals surface area contributed by atoms with Gasteiger partial charge in [0.05, 0.1) is 12.2 Å². The Kier molecular flexibility index (Phi) is 6.98. The number of rotatable bonds is 8. The van der Waals surface area contributed by atoms with Gasteiger partial charge in [0.1, 0.15) is 12.4 Å². The van der Waals surface area contributed by atoms with E-state index in [0.717, 1.165) is 0 Å². The van der Waals surface area contributed by atoms with Crippen LogP contribution >= 0.6 is 0 Å². The largest absolute Gasteiger partial charge is 0.490 e. The van der Waals surface area contributed by atoms with Crippen LogP contribution in [-0.2, 0) is 4.74 Å². The normalized spacial score (nSPS) is 10.2. The highest BCUT2D eigenvalue weighted by atomic mass is 16.5. The van der Waals surface area contributed by atoms with Crippen molar-refractivity contribution >= 4 is 17.5 Å². The predicted molar refractivity (Wildman–Crippen MR) is 96.2 cm³/mol. The second-order valence-electron chi connectivity index (χ2n) is 5.23. The van der Waals surface area contributed by atoms with Crippen molar-refractivity contribution in [3.05, 3.63) is 59.7 Å². The molecule has 0 aromatic heterocycles. The molecule has 132 valence electrons. The first-order chi connectivity index (χ1) is 12.2. The maximum atomic E-state index is 12.6. The molecule has 2 aromatic rings. The summed E-state index contributed by atoms with van der Waals surface area (Å²) < 4.78 is 10.5. The van der Waals surface area contributed by atoms with Crippen LogP contribution in [0.5, 0.6) is 5.75 Å². The number of ether oxygens (including phenoxy) is 2. The number of hydrogen-bond donors (Lipinski definition) is 2. The van der Waals surface area contributed by atoms with Crippen LogP contribution in [-0.4, -0.2) is 38.7 Å². The molecule has 6 nitrogen and oxygen atoms in total. The highest BCUT2D eigenvalue weighted by Crippen LogP contribution is 2.20. The topological polar surface area (TPSA) is 76.7 Å². The third kappa shape index (κ3) is 5.32. The molecule has 0 saturated carbocycles. The molecule has 6 heteroatoms. The van der Waals surface area contributed by atoms with Gasteiger partial charge in [-0.05, 0) is 37.3 Å². The predicted octanol–water partition coefficient (Wildman–Crippen LogP) is 2.71. The molecule has 0 heterocycles. The summed E-state index contributed by atoms with van der Waals surface area (Å²) >= 11 is 0. The maximum absolute atomic E-state index is 12.6. The van der Waals surface area contributed by atoms with Gasteiger partial charge in [-0.1, -0.05) is 18.2 Å². The Bertz CT molecular complexity index is 731. The third-order valence-electron chi connectivity index (χ3n) is 3.40. The minimum atomic E-state index is -0.305. The fourth-order valence-electron chi connectivity index (χ4n) is 2.21. The van der Waals surface area contributed by atoms with E-state index in [9.17, 15) is 9.59 Å². The van der Waals surface area contributed by atoms with Crippen molar-refractivity contribution in [3.63, 3.8) is 0 Å². The van der Waals surface area contributed by atoms with Crippen LogP contribution in [0.15, 0.2) is 48.5 Å². The van der Waals surface area contributed by atoms with Crippen molar-refractivity contribution in [2.45, 2.75) is 6.92 Å². The lowest BCUT2D eigenvalue weighted by molar-refractivity contribution is 0.0954. The van der Waals surface area contributed by atoms with Crippen molar-refractivity contribution < 1.29 is 19.1 Å². The third-order valence-corrected chi connectivity index (χ3v) is 3.40. The van der Waals surface area contributed by atoms with Crippen LogP contribution in [0.2, 0.25) is 0 Å². The zero-order valence-electron chi connectivity index (χ0n) is 14.4. The van der Waals surface area contributed by atoms with E-state index in [0.29, 0.717) is 42.3 Å². The molecule has 2 N–H and O–H groups in total. The molecule has 0 aliphatic carbocycles. The standard InChI is InChI=1S/C19H22N2O4/c1-3-20-18(22)14-7-6-8-15(13-14)21-19(23)16-9-4-5-10-17(16)25-12-11-24-2/h4-10,13H,3,11-12H2,1-2H3,(H,20,22)(H,21,23). The molecular weight excluding hydrogens is 320 g/mol. The fourth-order valence-corrected chi connectivity index (χ4v) is 2.21. The van der Waals surface area contributed by atoms with E-state index in [1.54, 1.807) is 55.6 Å². The Balaban J connectivity index is 2.12. The van der Waals surface area contributed by atoms with E-state index < -0.39 is 0 Å².